The molecular formula is C17H23N3O. The van der Waals surface area contributed by atoms with Crippen LogP contribution in [0.1, 0.15) is 25.7 Å². The summed E-state index contributed by atoms with van der Waals surface area (Å²) in [5, 5.41) is 6.66. The molecule has 5 rings (SSSR count). The van der Waals surface area contributed by atoms with Crippen LogP contribution in [0.2, 0.25) is 0 Å². The molecule has 112 valence electrons. The van der Waals surface area contributed by atoms with Crippen molar-refractivity contribution in [2.24, 2.45) is 11.8 Å². The number of amides is 1. The first kappa shape index (κ1) is 13.1. The van der Waals surface area contributed by atoms with E-state index in [2.05, 4.69) is 27.7 Å². The van der Waals surface area contributed by atoms with Gasteiger partial charge in [-0.15, -0.1) is 0 Å². The third-order valence-corrected chi connectivity index (χ3v) is 5.11. The monoisotopic (exact) mass is 285 g/mol. The second-order valence-electron chi connectivity index (χ2n) is 6.73. The third kappa shape index (κ3) is 2.91. The quantitative estimate of drug-likeness (QED) is 0.893. The number of anilines is 2. The van der Waals surface area contributed by atoms with Gasteiger partial charge >= 0.3 is 0 Å². The molecular weight excluding hydrogens is 262 g/mol. The van der Waals surface area contributed by atoms with E-state index in [0.29, 0.717) is 6.04 Å². The van der Waals surface area contributed by atoms with Crippen molar-refractivity contribution in [2.45, 2.75) is 31.7 Å². The van der Waals surface area contributed by atoms with Gasteiger partial charge in [-0.25, -0.2) is 0 Å². The van der Waals surface area contributed by atoms with Gasteiger partial charge in [-0.05, 0) is 69.0 Å². The van der Waals surface area contributed by atoms with E-state index >= 15 is 0 Å². The van der Waals surface area contributed by atoms with Gasteiger partial charge in [0.05, 0.1) is 0 Å². The predicted molar refractivity (Wildman–Crippen MR) is 84.4 cm³/mol. The fourth-order valence-corrected chi connectivity index (χ4v) is 3.58. The smallest absolute Gasteiger partial charge is 0.227 e. The average Bonchev–Trinajstić information content (AvgIpc) is 3.35. The Bertz CT molecular complexity index is 515. The summed E-state index contributed by atoms with van der Waals surface area (Å²) in [5.41, 5.74) is 2.07. The number of benzene rings is 1. The fraction of sp³-hybridized carbons (Fsp3) is 0.588. The SMILES string of the molecule is O=C(Nc1ccc(NC2CN3CCC2CC3)cc1)C1CC1. The number of hydrogen-bond donors (Lipinski definition) is 2. The van der Waals surface area contributed by atoms with Crippen molar-refractivity contribution in [1.29, 1.82) is 0 Å². The van der Waals surface area contributed by atoms with E-state index < -0.39 is 0 Å². The molecule has 2 bridgehead atoms. The number of nitrogens with one attached hydrogen (secondary N) is 2. The van der Waals surface area contributed by atoms with E-state index in [-0.39, 0.29) is 11.8 Å². The van der Waals surface area contributed by atoms with Gasteiger partial charge in [0, 0.05) is 29.9 Å². The van der Waals surface area contributed by atoms with Crippen LogP contribution < -0.4 is 10.6 Å². The molecule has 3 saturated heterocycles. The van der Waals surface area contributed by atoms with E-state index in [4.69, 9.17) is 0 Å². The van der Waals surface area contributed by atoms with Gasteiger partial charge < -0.3 is 15.5 Å². The second kappa shape index (κ2) is 5.34. The number of fused-ring (bicyclic) bond motifs is 3. The molecule has 1 aliphatic carbocycles. The number of piperidine rings is 3. The van der Waals surface area contributed by atoms with Crippen LogP contribution in [0.25, 0.3) is 0 Å². The van der Waals surface area contributed by atoms with Crippen molar-refractivity contribution in [3.63, 3.8) is 0 Å². The number of hydrogen-bond acceptors (Lipinski definition) is 3. The first-order chi connectivity index (χ1) is 10.3. The molecule has 3 heterocycles. The zero-order valence-corrected chi connectivity index (χ0v) is 12.3. The molecule has 1 saturated carbocycles. The normalized spacial score (nSPS) is 31.0. The van der Waals surface area contributed by atoms with Crippen molar-refractivity contribution in [3.8, 4) is 0 Å². The Morgan fingerprint density at radius 3 is 2.24 bits per heavy atom. The van der Waals surface area contributed by atoms with E-state index in [9.17, 15) is 4.79 Å². The molecule has 4 nitrogen and oxygen atoms in total. The molecule has 1 atom stereocenters. The molecule has 0 radical (unpaired) electrons. The summed E-state index contributed by atoms with van der Waals surface area (Å²) in [7, 11) is 0. The second-order valence-corrected chi connectivity index (χ2v) is 6.73. The molecule has 1 aromatic carbocycles. The van der Waals surface area contributed by atoms with Crippen molar-refractivity contribution in [3.05, 3.63) is 24.3 Å². The minimum Gasteiger partial charge on any atom is -0.381 e. The first-order valence-corrected chi connectivity index (χ1v) is 8.18. The molecule has 4 heteroatoms. The lowest BCUT2D eigenvalue weighted by atomic mass is 9.84. The van der Waals surface area contributed by atoms with Gasteiger partial charge in [-0.3, -0.25) is 4.79 Å². The molecule has 0 aromatic heterocycles. The lowest BCUT2D eigenvalue weighted by Crippen LogP contribution is -2.53. The van der Waals surface area contributed by atoms with Crippen LogP contribution >= 0.6 is 0 Å². The van der Waals surface area contributed by atoms with Crippen molar-refractivity contribution in [2.75, 3.05) is 30.3 Å². The number of carbonyl (C=O) groups is 1. The lowest BCUT2D eigenvalue weighted by Gasteiger charge is -2.45. The van der Waals surface area contributed by atoms with Crippen LogP contribution in [0.5, 0.6) is 0 Å². The highest BCUT2D eigenvalue weighted by Crippen LogP contribution is 2.31. The zero-order chi connectivity index (χ0) is 14.2. The van der Waals surface area contributed by atoms with E-state index in [1.807, 2.05) is 12.1 Å². The summed E-state index contributed by atoms with van der Waals surface area (Å²) in [6.07, 6.45) is 4.75. The summed E-state index contributed by atoms with van der Waals surface area (Å²) in [6.45, 7) is 3.72. The molecule has 2 N–H and O–H groups in total. The van der Waals surface area contributed by atoms with Gasteiger partial charge in [-0.2, -0.15) is 0 Å². The summed E-state index contributed by atoms with van der Waals surface area (Å²) in [6, 6.07) is 8.76. The molecule has 3 aliphatic heterocycles. The van der Waals surface area contributed by atoms with Crippen LogP contribution in [-0.4, -0.2) is 36.5 Å². The summed E-state index contributed by atoms with van der Waals surface area (Å²) in [5.74, 6) is 1.26. The Morgan fingerprint density at radius 1 is 1.00 bits per heavy atom. The van der Waals surface area contributed by atoms with Crippen LogP contribution in [-0.2, 0) is 4.79 Å². The topological polar surface area (TPSA) is 44.4 Å². The minimum atomic E-state index is 0.174. The lowest BCUT2D eigenvalue weighted by molar-refractivity contribution is -0.117. The van der Waals surface area contributed by atoms with E-state index in [0.717, 1.165) is 30.1 Å². The summed E-state index contributed by atoms with van der Waals surface area (Å²) < 4.78 is 0. The summed E-state index contributed by atoms with van der Waals surface area (Å²) in [4.78, 5) is 14.3. The first-order valence-electron chi connectivity index (χ1n) is 8.18. The predicted octanol–water partition coefficient (Wildman–Crippen LogP) is 2.54. The van der Waals surface area contributed by atoms with Crippen molar-refractivity contribution < 1.29 is 4.79 Å². The maximum atomic E-state index is 11.7. The van der Waals surface area contributed by atoms with Crippen LogP contribution in [0.15, 0.2) is 24.3 Å². The standard InChI is InChI=1S/C17H23N3O/c21-17(13-1-2-13)19-15-5-3-14(4-6-15)18-16-11-20-9-7-12(16)8-10-20/h3-6,12-13,16,18H,1-2,7-11H2,(H,19,21). The van der Waals surface area contributed by atoms with Gasteiger partial charge in [0.25, 0.3) is 0 Å². The number of carbonyl (C=O) groups excluding carboxylic acids is 1. The Balaban J connectivity index is 1.36. The average molecular weight is 285 g/mol. The highest BCUT2D eigenvalue weighted by molar-refractivity contribution is 5.94. The Kier molecular flexibility index (Phi) is 3.34. The van der Waals surface area contributed by atoms with E-state index in [1.54, 1.807) is 0 Å². The maximum Gasteiger partial charge on any atom is 0.227 e. The fourth-order valence-electron chi connectivity index (χ4n) is 3.58. The highest BCUT2D eigenvalue weighted by Gasteiger charge is 2.34. The molecule has 4 aliphatic rings. The largest absolute Gasteiger partial charge is 0.381 e. The molecule has 0 spiro atoms. The maximum absolute atomic E-state index is 11.7. The minimum absolute atomic E-state index is 0.174. The van der Waals surface area contributed by atoms with Gasteiger partial charge in [0.15, 0.2) is 0 Å². The van der Waals surface area contributed by atoms with Gasteiger partial charge in [-0.1, -0.05) is 0 Å². The van der Waals surface area contributed by atoms with Crippen LogP contribution in [0, 0.1) is 11.8 Å². The van der Waals surface area contributed by atoms with Crippen molar-refractivity contribution in [1.82, 2.24) is 4.90 Å². The third-order valence-electron chi connectivity index (χ3n) is 5.11. The van der Waals surface area contributed by atoms with Gasteiger partial charge in [0.2, 0.25) is 5.91 Å². The van der Waals surface area contributed by atoms with Crippen LogP contribution in [0.3, 0.4) is 0 Å². The van der Waals surface area contributed by atoms with Crippen molar-refractivity contribution >= 4 is 17.3 Å². The Labute approximate surface area is 125 Å². The Morgan fingerprint density at radius 2 is 1.67 bits per heavy atom. The number of rotatable bonds is 4. The molecule has 4 fully saturated rings. The molecule has 1 amide bonds. The summed E-state index contributed by atoms with van der Waals surface area (Å²) >= 11 is 0. The van der Waals surface area contributed by atoms with Gasteiger partial charge in [0.1, 0.15) is 0 Å². The zero-order valence-electron chi connectivity index (χ0n) is 12.3. The molecule has 1 aromatic rings. The highest BCUT2D eigenvalue weighted by atomic mass is 16.2. The number of nitrogens with zero attached hydrogens (tertiary/aromatic N) is 1. The Hall–Kier alpha value is -1.55. The van der Waals surface area contributed by atoms with E-state index in [1.165, 1.54) is 32.5 Å². The molecule has 1 unspecified atom stereocenters. The van der Waals surface area contributed by atoms with Crippen LogP contribution in [0.4, 0.5) is 11.4 Å². The molecule has 21 heavy (non-hydrogen) atoms.